The van der Waals surface area contributed by atoms with Crippen molar-refractivity contribution < 1.29 is 19.1 Å². The maximum Gasteiger partial charge on any atom is 0.355 e. The molecule has 27 heavy (non-hydrogen) atoms. The summed E-state index contributed by atoms with van der Waals surface area (Å²) >= 11 is 0. The average molecular weight is 367 g/mol. The van der Waals surface area contributed by atoms with Crippen LogP contribution < -0.4 is 5.43 Å². The van der Waals surface area contributed by atoms with Crippen LogP contribution in [0.3, 0.4) is 0 Å². The summed E-state index contributed by atoms with van der Waals surface area (Å²) in [5, 5.41) is 3.70. The van der Waals surface area contributed by atoms with Gasteiger partial charge in [0, 0.05) is 35.5 Å². The summed E-state index contributed by atoms with van der Waals surface area (Å²) in [5.41, 5.74) is 5.53. The minimum Gasteiger partial charge on any atom is -0.450 e. The fourth-order valence-electron chi connectivity index (χ4n) is 3.11. The van der Waals surface area contributed by atoms with E-state index in [1.54, 1.807) is 6.07 Å². The number of amides is 1. The van der Waals surface area contributed by atoms with Crippen LogP contribution >= 0.6 is 0 Å². The summed E-state index contributed by atoms with van der Waals surface area (Å²) in [5.74, 6) is -1.21. The van der Waals surface area contributed by atoms with Crippen LogP contribution in [0.2, 0.25) is 0 Å². The van der Waals surface area contributed by atoms with Gasteiger partial charge in [-0.3, -0.25) is 9.59 Å². The molecule has 2 aromatic rings. The molecular weight excluding hydrogens is 346 g/mol. The Labute approximate surface area is 157 Å². The minimum absolute atomic E-state index is 0.115. The SMILES string of the molecule is Cc1cc(C(=O)[C@@H](C)OC(=O)C2=NNC(=O)CC2)c(C)n1-c1ccccc1. The summed E-state index contributed by atoms with van der Waals surface area (Å²) in [6.07, 6.45) is -0.578. The third-order valence-electron chi connectivity index (χ3n) is 4.50. The van der Waals surface area contributed by atoms with Gasteiger partial charge in [0.1, 0.15) is 5.71 Å². The second-order valence-electron chi connectivity index (χ2n) is 6.46. The predicted molar refractivity (Wildman–Crippen MR) is 99.9 cm³/mol. The van der Waals surface area contributed by atoms with Crippen molar-refractivity contribution in [2.45, 2.75) is 39.7 Å². The molecule has 0 spiro atoms. The third kappa shape index (κ3) is 3.81. The number of aryl methyl sites for hydroxylation is 1. The number of nitrogens with zero attached hydrogens (tertiary/aromatic N) is 2. The molecule has 1 aliphatic rings. The van der Waals surface area contributed by atoms with Gasteiger partial charge in [-0.25, -0.2) is 10.2 Å². The summed E-state index contributed by atoms with van der Waals surface area (Å²) in [6.45, 7) is 5.33. The first-order chi connectivity index (χ1) is 12.9. The number of hydrogen-bond donors (Lipinski definition) is 1. The Kier molecular flexibility index (Phi) is 5.21. The van der Waals surface area contributed by atoms with Gasteiger partial charge >= 0.3 is 5.97 Å². The van der Waals surface area contributed by atoms with Crippen LogP contribution in [0.25, 0.3) is 5.69 Å². The zero-order valence-corrected chi connectivity index (χ0v) is 15.5. The molecule has 0 saturated heterocycles. The highest BCUT2D eigenvalue weighted by Gasteiger charge is 2.27. The number of Topliss-reactive ketones (excluding diaryl/α,β-unsaturated/α-hetero) is 1. The Balaban J connectivity index is 1.78. The summed E-state index contributed by atoms with van der Waals surface area (Å²) in [4.78, 5) is 36.1. The van der Waals surface area contributed by atoms with Crippen molar-refractivity contribution in [1.82, 2.24) is 9.99 Å². The second kappa shape index (κ2) is 7.57. The van der Waals surface area contributed by atoms with E-state index in [0.717, 1.165) is 17.1 Å². The van der Waals surface area contributed by atoms with Crippen LogP contribution in [0.5, 0.6) is 0 Å². The van der Waals surface area contributed by atoms with Gasteiger partial charge in [0.2, 0.25) is 11.7 Å². The van der Waals surface area contributed by atoms with Crippen molar-refractivity contribution >= 4 is 23.4 Å². The molecule has 1 aliphatic heterocycles. The maximum absolute atomic E-state index is 12.8. The molecular formula is C20H21N3O4. The summed E-state index contributed by atoms with van der Waals surface area (Å²) in [7, 11) is 0. The zero-order valence-electron chi connectivity index (χ0n) is 15.5. The number of esters is 1. The zero-order chi connectivity index (χ0) is 19.6. The van der Waals surface area contributed by atoms with E-state index in [0.29, 0.717) is 5.56 Å². The van der Waals surface area contributed by atoms with Gasteiger partial charge in [0.05, 0.1) is 0 Å². The van der Waals surface area contributed by atoms with Gasteiger partial charge in [-0.1, -0.05) is 18.2 Å². The van der Waals surface area contributed by atoms with Gasteiger partial charge in [0.25, 0.3) is 0 Å². The Morgan fingerprint density at radius 3 is 2.52 bits per heavy atom. The molecule has 0 radical (unpaired) electrons. The largest absolute Gasteiger partial charge is 0.450 e. The van der Waals surface area contributed by atoms with Crippen LogP contribution in [0, 0.1) is 13.8 Å². The number of carbonyl (C=O) groups is 3. The molecule has 0 fully saturated rings. The van der Waals surface area contributed by atoms with Crippen LogP contribution in [-0.4, -0.2) is 34.0 Å². The average Bonchev–Trinajstić information content (AvgIpc) is 2.96. The first-order valence-corrected chi connectivity index (χ1v) is 8.73. The summed E-state index contributed by atoms with van der Waals surface area (Å²) in [6, 6.07) is 11.5. The highest BCUT2D eigenvalue weighted by Crippen LogP contribution is 2.22. The molecule has 1 amide bonds. The van der Waals surface area contributed by atoms with E-state index >= 15 is 0 Å². The van der Waals surface area contributed by atoms with Gasteiger partial charge in [-0.2, -0.15) is 5.10 Å². The Hall–Kier alpha value is -3.22. The van der Waals surface area contributed by atoms with E-state index in [9.17, 15) is 14.4 Å². The number of benzene rings is 1. The quantitative estimate of drug-likeness (QED) is 0.649. The van der Waals surface area contributed by atoms with Crippen LogP contribution in [0.4, 0.5) is 0 Å². The lowest BCUT2D eigenvalue weighted by molar-refractivity contribution is -0.138. The maximum atomic E-state index is 12.8. The molecule has 0 bridgehead atoms. The van der Waals surface area contributed by atoms with E-state index < -0.39 is 12.1 Å². The monoisotopic (exact) mass is 367 g/mol. The van der Waals surface area contributed by atoms with Crippen LogP contribution in [0.15, 0.2) is 41.5 Å². The van der Waals surface area contributed by atoms with Crippen molar-refractivity contribution in [3.8, 4) is 5.69 Å². The number of nitrogens with one attached hydrogen (secondary N) is 1. The van der Waals surface area contributed by atoms with E-state index in [1.165, 1.54) is 6.92 Å². The van der Waals surface area contributed by atoms with Crippen molar-refractivity contribution in [2.75, 3.05) is 0 Å². The van der Waals surface area contributed by atoms with E-state index in [4.69, 9.17) is 4.74 Å². The number of para-hydroxylation sites is 1. The molecule has 7 heteroatoms. The first-order valence-electron chi connectivity index (χ1n) is 8.73. The molecule has 140 valence electrons. The summed E-state index contributed by atoms with van der Waals surface area (Å²) < 4.78 is 7.26. The normalized spacial score (nSPS) is 14.9. The minimum atomic E-state index is -0.956. The van der Waals surface area contributed by atoms with Gasteiger partial charge < -0.3 is 9.30 Å². The lowest BCUT2D eigenvalue weighted by Gasteiger charge is -2.15. The van der Waals surface area contributed by atoms with Crippen LogP contribution in [-0.2, 0) is 14.3 Å². The molecule has 1 aromatic heterocycles. The molecule has 7 nitrogen and oxygen atoms in total. The topological polar surface area (TPSA) is 89.8 Å². The molecule has 0 aliphatic carbocycles. The number of ketones is 1. The Morgan fingerprint density at radius 1 is 1.19 bits per heavy atom. The molecule has 1 N–H and O–H groups in total. The smallest absolute Gasteiger partial charge is 0.355 e. The van der Waals surface area contributed by atoms with Crippen molar-refractivity contribution in [2.24, 2.45) is 5.10 Å². The highest BCUT2D eigenvalue weighted by molar-refractivity contribution is 6.37. The second-order valence-corrected chi connectivity index (χ2v) is 6.46. The van der Waals surface area contributed by atoms with Gasteiger partial charge in [-0.05, 0) is 39.0 Å². The predicted octanol–water partition coefficient (Wildman–Crippen LogP) is 2.47. The Bertz CT molecular complexity index is 928. The standard InChI is InChI=1S/C20H21N3O4/c1-12-11-16(13(2)23(12)15-7-5-4-6-8-15)19(25)14(3)27-20(26)17-9-10-18(24)22-21-17/h4-8,11,14H,9-10H2,1-3H3,(H,22,24)/t14-/m1/s1. The number of hydrogen-bond acceptors (Lipinski definition) is 5. The van der Waals surface area contributed by atoms with Crippen molar-refractivity contribution in [3.63, 3.8) is 0 Å². The third-order valence-corrected chi connectivity index (χ3v) is 4.50. The Morgan fingerprint density at radius 2 is 1.89 bits per heavy atom. The molecule has 3 rings (SSSR count). The lowest BCUT2D eigenvalue weighted by Crippen LogP contribution is -2.34. The molecule has 0 unspecified atom stereocenters. The van der Waals surface area contributed by atoms with Crippen molar-refractivity contribution in [1.29, 1.82) is 0 Å². The van der Waals surface area contributed by atoms with Gasteiger partial charge in [0.15, 0.2) is 6.10 Å². The molecule has 1 aromatic carbocycles. The molecule has 2 heterocycles. The first kappa shape index (κ1) is 18.6. The number of ether oxygens (including phenoxy) is 1. The lowest BCUT2D eigenvalue weighted by atomic mass is 10.1. The van der Waals surface area contributed by atoms with Crippen LogP contribution in [0.1, 0.15) is 41.5 Å². The fourth-order valence-corrected chi connectivity index (χ4v) is 3.11. The number of hydrazone groups is 1. The fraction of sp³-hybridized carbons (Fsp3) is 0.300. The molecule has 0 saturated carbocycles. The molecule has 1 atom stereocenters. The number of aromatic nitrogens is 1. The number of rotatable bonds is 5. The van der Waals surface area contributed by atoms with Gasteiger partial charge in [-0.15, -0.1) is 0 Å². The number of carbonyl (C=O) groups excluding carboxylic acids is 3. The van der Waals surface area contributed by atoms with E-state index in [2.05, 4.69) is 10.5 Å². The van der Waals surface area contributed by atoms with E-state index in [-0.39, 0.29) is 30.2 Å². The van der Waals surface area contributed by atoms with Crippen molar-refractivity contribution in [3.05, 3.63) is 53.3 Å². The van der Waals surface area contributed by atoms with E-state index in [1.807, 2.05) is 48.7 Å². The highest BCUT2D eigenvalue weighted by atomic mass is 16.5.